The van der Waals surface area contributed by atoms with Crippen LogP contribution in [0, 0.1) is 0 Å². The van der Waals surface area contributed by atoms with E-state index < -0.39 is 13.4 Å². The van der Waals surface area contributed by atoms with Gasteiger partial charge in [0, 0.05) is 0 Å². The van der Waals surface area contributed by atoms with E-state index in [1.165, 1.54) is 0 Å². The van der Waals surface area contributed by atoms with E-state index in [0.717, 1.165) is 13.1 Å². The molecule has 1 rings (SSSR count). The summed E-state index contributed by atoms with van der Waals surface area (Å²) in [7, 11) is 0. The summed E-state index contributed by atoms with van der Waals surface area (Å²) in [5.74, 6) is 0. The predicted octanol–water partition coefficient (Wildman–Crippen LogP) is -0.956. The van der Waals surface area contributed by atoms with Gasteiger partial charge in [0.15, 0.2) is 0 Å². The first kappa shape index (κ1) is 9.09. The fourth-order valence-corrected chi connectivity index (χ4v) is 2.19. The van der Waals surface area contributed by atoms with Crippen LogP contribution < -0.4 is 5.32 Å². The van der Waals surface area contributed by atoms with E-state index in [0.29, 0.717) is 12.8 Å². The van der Waals surface area contributed by atoms with Crippen molar-refractivity contribution in [2.24, 2.45) is 0 Å². The van der Waals surface area contributed by atoms with Crippen molar-refractivity contribution in [1.29, 1.82) is 0 Å². The van der Waals surface area contributed by atoms with Crippen molar-refractivity contribution in [1.82, 2.24) is 5.32 Å². The van der Waals surface area contributed by atoms with Crippen molar-refractivity contribution in [2.45, 2.75) is 18.9 Å². The number of rotatable bonds is 2. The molecule has 0 saturated carbocycles. The van der Waals surface area contributed by atoms with E-state index in [9.17, 15) is 7.67 Å². The summed E-state index contributed by atoms with van der Waals surface area (Å²) in [4.78, 5) is 0. The Morgan fingerprint density at radius 3 is 2.36 bits per heavy atom. The molecule has 11 heavy (non-hydrogen) atoms. The van der Waals surface area contributed by atoms with Crippen molar-refractivity contribution < 1.29 is 15.7 Å². The molecule has 0 bridgehead atoms. The van der Waals surface area contributed by atoms with Crippen LogP contribution in [0.4, 0.5) is 0 Å². The zero-order valence-electron chi connectivity index (χ0n) is 5.99. The van der Waals surface area contributed by atoms with Crippen LogP contribution in [-0.2, 0) is 11.5 Å². The molecule has 0 aromatic rings. The van der Waals surface area contributed by atoms with E-state index in [1.807, 2.05) is 0 Å². The molecule has 0 unspecified atom stereocenters. The summed E-state index contributed by atoms with van der Waals surface area (Å²) in [6, 6.07) is 0. The van der Waals surface area contributed by atoms with Crippen LogP contribution >= 0.6 is 0 Å². The first-order chi connectivity index (χ1) is 5.08. The molecule has 6 heteroatoms. The Morgan fingerprint density at radius 2 is 1.91 bits per heavy atom. The molecule has 1 fully saturated rings. The second-order valence-corrected chi connectivity index (χ2v) is 4.67. The second-order valence-electron chi connectivity index (χ2n) is 2.47. The molecule has 0 aromatic heterocycles. The van der Waals surface area contributed by atoms with Crippen LogP contribution in [0.5, 0.6) is 0 Å². The van der Waals surface area contributed by atoms with Gasteiger partial charge in [-0.25, -0.2) is 0 Å². The van der Waals surface area contributed by atoms with Crippen molar-refractivity contribution in [3.63, 3.8) is 0 Å². The summed E-state index contributed by atoms with van der Waals surface area (Å²) < 4.78 is 33.4. The molecule has 1 aliphatic rings. The Balaban J connectivity index is 2.36. The topological polar surface area (TPSA) is 75.6 Å². The van der Waals surface area contributed by atoms with Gasteiger partial charge in [-0.1, -0.05) is 0 Å². The summed E-state index contributed by atoms with van der Waals surface area (Å²) in [6.07, 6.45) is 0.963. The molecule has 2 N–H and O–H groups in total. The van der Waals surface area contributed by atoms with Crippen LogP contribution in [0.15, 0.2) is 0 Å². The minimum absolute atomic E-state index is 0.323. The van der Waals surface area contributed by atoms with E-state index in [2.05, 4.69) is 9.14 Å². The van der Waals surface area contributed by atoms with E-state index in [-0.39, 0.29) is 6.10 Å². The molecule has 5 nitrogen and oxygen atoms in total. The third-order valence-electron chi connectivity index (χ3n) is 1.54. The van der Waals surface area contributed by atoms with Gasteiger partial charge in [-0.05, 0) is 0 Å². The number of hydrogen-bond donors (Lipinski definition) is 2. The zero-order chi connectivity index (χ0) is 8.32. The van der Waals surface area contributed by atoms with Crippen LogP contribution in [0.2, 0.25) is 0 Å². The maximum atomic E-state index is 10.3. The van der Waals surface area contributed by atoms with E-state index >= 15 is 0 Å². The number of hydrogen-bond acceptors (Lipinski definition) is 4. The molecular formula is C5H11NO4Se. The summed E-state index contributed by atoms with van der Waals surface area (Å²) in [5, 5.41) is 3.05. The molecule has 0 aromatic carbocycles. The Morgan fingerprint density at radius 1 is 1.36 bits per heavy atom. The van der Waals surface area contributed by atoms with E-state index in [1.54, 1.807) is 0 Å². The predicted molar refractivity (Wildman–Crippen MR) is 36.3 cm³/mol. The molecule has 0 amide bonds. The Bertz CT molecular complexity index is 207. The van der Waals surface area contributed by atoms with Gasteiger partial charge < -0.3 is 0 Å². The van der Waals surface area contributed by atoms with Gasteiger partial charge in [-0.3, -0.25) is 0 Å². The van der Waals surface area contributed by atoms with Gasteiger partial charge in [-0.2, -0.15) is 0 Å². The molecule has 0 radical (unpaired) electrons. The van der Waals surface area contributed by atoms with Gasteiger partial charge in [-0.15, -0.1) is 0 Å². The summed E-state index contributed by atoms with van der Waals surface area (Å²) in [5.41, 5.74) is 0. The van der Waals surface area contributed by atoms with Gasteiger partial charge in [0.25, 0.3) is 0 Å². The molecule has 1 saturated heterocycles. The Kier molecular flexibility index (Phi) is 2.97. The zero-order valence-corrected chi connectivity index (χ0v) is 7.70. The summed E-state index contributed by atoms with van der Waals surface area (Å²) in [6.45, 7) is 1.50. The third-order valence-corrected chi connectivity index (χ3v) is 2.63. The van der Waals surface area contributed by atoms with Gasteiger partial charge in [0.2, 0.25) is 0 Å². The first-order valence-electron chi connectivity index (χ1n) is 3.44. The fourth-order valence-electron chi connectivity index (χ4n) is 1.06. The minimum atomic E-state index is -4.94. The standard InChI is InChI=1S/C5H11NO4Se/c7-11(8,9)10-5-1-3-6-4-2-5/h5-6H,1-4H2,(H,7,8,9). The van der Waals surface area contributed by atoms with Crippen LogP contribution in [0.1, 0.15) is 12.8 Å². The van der Waals surface area contributed by atoms with Gasteiger partial charge in [0.1, 0.15) is 0 Å². The van der Waals surface area contributed by atoms with Crippen molar-refractivity contribution in [2.75, 3.05) is 13.1 Å². The molecule has 0 aliphatic carbocycles. The molecule has 1 aliphatic heterocycles. The molecule has 1 heterocycles. The quantitative estimate of drug-likeness (QED) is 0.595. The third kappa shape index (κ3) is 3.79. The SMILES string of the molecule is O=[Se](=O)(O)OC1CCNCC1. The van der Waals surface area contributed by atoms with Crippen molar-refractivity contribution >= 4 is 13.4 Å². The Hall–Kier alpha value is -0.000519. The van der Waals surface area contributed by atoms with Crippen LogP contribution in [-0.4, -0.2) is 36.8 Å². The van der Waals surface area contributed by atoms with Crippen LogP contribution in [0.3, 0.4) is 0 Å². The van der Waals surface area contributed by atoms with Crippen LogP contribution in [0.25, 0.3) is 0 Å². The average Bonchev–Trinajstić information content (AvgIpc) is 1.85. The van der Waals surface area contributed by atoms with E-state index in [4.69, 9.17) is 4.19 Å². The Labute approximate surface area is 67.0 Å². The number of piperidine rings is 1. The number of nitrogens with one attached hydrogen (secondary N) is 1. The normalized spacial score (nSPS) is 21.9. The fraction of sp³-hybridized carbons (Fsp3) is 1.00. The molecular weight excluding hydrogens is 217 g/mol. The molecule has 0 atom stereocenters. The van der Waals surface area contributed by atoms with Crippen molar-refractivity contribution in [3.05, 3.63) is 0 Å². The monoisotopic (exact) mass is 229 g/mol. The van der Waals surface area contributed by atoms with Gasteiger partial charge >= 0.3 is 66.4 Å². The van der Waals surface area contributed by atoms with Crippen molar-refractivity contribution in [3.8, 4) is 0 Å². The summed E-state index contributed by atoms with van der Waals surface area (Å²) >= 11 is -4.94. The van der Waals surface area contributed by atoms with Gasteiger partial charge in [0.05, 0.1) is 0 Å². The maximum absolute atomic E-state index is 10.3. The molecule has 66 valence electrons. The molecule has 0 spiro atoms. The average molecular weight is 228 g/mol. The second kappa shape index (κ2) is 3.60. The first-order valence-corrected chi connectivity index (χ1v) is 6.31.